The van der Waals surface area contributed by atoms with E-state index >= 15 is 0 Å². The number of hydrogen-bond acceptors (Lipinski definition) is 7. The van der Waals surface area contributed by atoms with Gasteiger partial charge in [0.05, 0.1) is 17.2 Å². The van der Waals surface area contributed by atoms with Gasteiger partial charge in [-0.05, 0) is 15.9 Å². The summed E-state index contributed by atoms with van der Waals surface area (Å²) in [4.78, 5) is 8.11. The van der Waals surface area contributed by atoms with Crippen molar-refractivity contribution in [3.63, 3.8) is 0 Å². The van der Waals surface area contributed by atoms with E-state index in [1.54, 1.807) is 20.4 Å². The van der Waals surface area contributed by atoms with Gasteiger partial charge in [0.2, 0.25) is 5.95 Å². The second-order valence-electron chi connectivity index (χ2n) is 3.23. The highest BCUT2D eigenvalue weighted by molar-refractivity contribution is 9.10. The van der Waals surface area contributed by atoms with Crippen LogP contribution in [0.1, 0.15) is 0 Å². The molecule has 0 aliphatic carbocycles. The van der Waals surface area contributed by atoms with E-state index in [2.05, 4.69) is 36.6 Å². The van der Waals surface area contributed by atoms with Gasteiger partial charge in [-0.2, -0.15) is 4.98 Å². The van der Waals surface area contributed by atoms with Crippen molar-refractivity contribution in [3.8, 4) is 0 Å². The van der Waals surface area contributed by atoms with E-state index in [0.717, 1.165) is 4.47 Å². The van der Waals surface area contributed by atoms with Crippen LogP contribution >= 0.6 is 15.9 Å². The molecule has 0 aliphatic heterocycles. The monoisotopic (exact) mass is 305 g/mol. The first-order valence-corrected chi connectivity index (χ1v) is 5.75. The summed E-state index contributed by atoms with van der Waals surface area (Å²) in [5.41, 5.74) is 2.38. The smallest absolute Gasteiger partial charge is 0.239 e. The lowest BCUT2D eigenvalue weighted by Gasteiger charge is -2.16. The first kappa shape index (κ1) is 14.1. The summed E-state index contributed by atoms with van der Waals surface area (Å²) < 4.78 is 11.0. The molecule has 0 bridgehead atoms. The maximum atomic E-state index is 5.24. The van der Waals surface area contributed by atoms with Crippen LogP contribution in [0.5, 0.6) is 0 Å². The van der Waals surface area contributed by atoms with E-state index in [4.69, 9.17) is 15.3 Å². The second kappa shape index (κ2) is 7.38. The minimum Gasteiger partial charge on any atom is -0.382 e. The van der Waals surface area contributed by atoms with Crippen LogP contribution in [0.3, 0.4) is 0 Å². The van der Waals surface area contributed by atoms with Crippen molar-refractivity contribution in [2.45, 2.75) is 6.10 Å². The first-order chi connectivity index (χ1) is 8.21. The number of nitrogens with one attached hydrogen (secondary N) is 2. The van der Waals surface area contributed by atoms with Crippen molar-refractivity contribution < 1.29 is 9.47 Å². The van der Waals surface area contributed by atoms with Gasteiger partial charge in [0.15, 0.2) is 0 Å². The van der Waals surface area contributed by atoms with Gasteiger partial charge in [0.1, 0.15) is 5.82 Å². The fourth-order valence-electron chi connectivity index (χ4n) is 1.17. The van der Waals surface area contributed by atoms with Crippen molar-refractivity contribution >= 4 is 27.7 Å². The van der Waals surface area contributed by atoms with E-state index in [0.29, 0.717) is 24.9 Å². The normalized spacial score (nSPS) is 12.2. The summed E-state index contributed by atoms with van der Waals surface area (Å²) in [6.45, 7) is 1.08. The van der Waals surface area contributed by atoms with E-state index in [9.17, 15) is 0 Å². The summed E-state index contributed by atoms with van der Waals surface area (Å²) in [5, 5.41) is 3.12. The molecular weight excluding hydrogens is 290 g/mol. The van der Waals surface area contributed by atoms with E-state index in [1.165, 1.54) is 0 Å². The Bertz CT molecular complexity index is 352. The highest BCUT2D eigenvalue weighted by Crippen LogP contribution is 2.19. The number of halogens is 1. The van der Waals surface area contributed by atoms with Crippen molar-refractivity contribution in [1.29, 1.82) is 0 Å². The molecule has 1 atom stereocenters. The molecule has 8 heteroatoms. The van der Waals surface area contributed by atoms with Crippen LogP contribution < -0.4 is 16.6 Å². The highest BCUT2D eigenvalue weighted by atomic mass is 79.9. The van der Waals surface area contributed by atoms with Crippen LogP contribution in [0.4, 0.5) is 11.8 Å². The van der Waals surface area contributed by atoms with Crippen LogP contribution in [0.15, 0.2) is 10.7 Å². The Balaban J connectivity index is 2.60. The minimum absolute atomic E-state index is 0.0452. The third kappa shape index (κ3) is 4.43. The average Bonchev–Trinajstić information content (AvgIpc) is 2.36. The summed E-state index contributed by atoms with van der Waals surface area (Å²) >= 11 is 3.34. The molecule has 0 saturated carbocycles. The SMILES string of the molecule is COCC(CNc1nc(NN)ncc1Br)OC. The molecule has 1 rings (SSSR count). The zero-order valence-electron chi connectivity index (χ0n) is 9.74. The fourth-order valence-corrected chi connectivity index (χ4v) is 1.50. The van der Waals surface area contributed by atoms with Gasteiger partial charge in [0, 0.05) is 27.0 Å². The van der Waals surface area contributed by atoms with Gasteiger partial charge >= 0.3 is 0 Å². The Morgan fingerprint density at radius 2 is 2.29 bits per heavy atom. The zero-order valence-corrected chi connectivity index (χ0v) is 11.3. The quantitative estimate of drug-likeness (QED) is 0.501. The van der Waals surface area contributed by atoms with Gasteiger partial charge in [-0.25, -0.2) is 10.8 Å². The van der Waals surface area contributed by atoms with Crippen molar-refractivity contribution in [2.24, 2.45) is 5.84 Å². The Kier molecular flexibility index (Phi) is 6.12. The van der Waals surface area contributed by atoms with Gasteiger partial charge in [0.25, 0.3) is 0 Å². The molecule has 7 nitrogen and oxygen atoms in total. The van der Waals surface area contributed by atoms with Gasteiger partial charge in [-0.1, -0.05) is 0 Å². The van der Waals surface area contributed by atoms with Crippen LogP contribution in [-0.4, -0.2) is 43.4 Å². The topological polar surface area (TPSA) is 94.3 Å². The summed E-state index contributed by atoms with van der Waals surface area (Å²) in [5.74, 6) is 6.22. The molecule has 4 N–H and O–H groups in total. The Morgan fingerprint density at radius 1 is 1.53 bits per heavy atom. The number of anilines is 2. The molecule has 1 unspecified atom stereocenters. The fraction of sp³-hybridized carbons (Fsp3) is 0.556. The van der Waals surface area contributed by atoms with Gasteiger partial charge < -0.3 is 14.8 Å². The number of rotatable bonds is 7. The van der Waals surface area contributed by atoms with Crippen LogP contribution in [0.25, 0.3) is 0 Å². The molecule has 96 valence electrons. The predicted molar refractivity (Wildman–Crippen MR) is 68.7 cm³/mol. The number of ether oxygens (including phenoxy) is 2. The number of nitrogens with zero attached hydrogens (tertiary/aromatic N) is 2. The van der Waals surface area contributed by atoms with Gasteiger partial charge in [-0.15, -0.1) is 0 Å². The largest absolute Gasteiger partial charge is 0.382 e. The molecule has 0 saturated heterocycles. The number of methoxy groups -OCH3 is 2. The Hall–Kier alpha value is -0.960. The van der Waals surface area contributed by atoms with Crippen LogP contribution in [-0.2, 0) is 9.47 Å². The van der Waals surface area contributed by atoms with E-state index in [-0.39, 0.29) is 6.10 Å². The average molecular weight is 306 g/mol. The maximum absolute atomic E-state index is 5.24. The lowest BCUT2D eigenvalue weighted by atomic mass is 10.3. The van der Waals surface area contributed by atoms with Gasteiger partial charge in [-0.3, -0.25) is 5.43 Å². The van der Waals surface area contributed by atoms with Crippen LogP contribution in [0.2, 0.25) is 0 Å². The zero-order chi connectivity index (χ0) is 12.7. The number of nitrogen functional groups attached to an aromatic ring is 1. The highest BCUT2D eigenvalue weighted by Gasteiger charge is 2.09. The molecule has 17 heavy (non-hydrogen) atoms. The first-order valence-electron chi connectivity index (χ1n) is 4.96. The molecule has 1 aromatic rings. The molecule has 0 fully saturated rings. The summed E-state index contributed by atoms with van der Waals surface area (Å²) in [6.07, 6.45) is 1.57. The molecule has 1 aromatic heterocycles. The van der Waals surface area contributed by atoms with Crippen molar-refractivity contribution in [2.75, 3.05) is 38.1 Å². The molecule has 1 heterocycles. The molecule has 0 amide bonds. The third-order valence-electron chi connectivity index (χ3n) is 2.06. The van der Waals surface area contributed by atoms with E-state index in [1.807, 2.05) is 0 Å². The maximum Gasteiger partial charge on any atom is 0.239 e. The Labute approximate surface area is 108 Å². The molecular formula is C9H16BrN5O2. The van der Waals surface area contributed by atoms with Crippen molar-refractivity contribution in [1.82, 2.24) is 9.97 Å². The standard InChI is InChI=1S/C9H16BrN5O2/c1-16-5-6(17-2)3-12-8-7(10)4-13-9(14-8)15-11/h4,6H,3,5,11H2,1-2H3,(H2,12,13,14,15). The molecule has 0 spiro atoms. The van der Waals surface area contributed by atoms with Crippen molar-refractivity contribution in [3.05, 3.63) is 10.7 Å². The second-order valence-corrected chi connectivity index (χ2v) is 4.08. The third-order valence-corrected chi connectivity index (χ3v) is 2.64. The summed E-state index contributed by atoms with van der Waals surface area (Å²) in [6, 6.07) is 0. The minimum atomic E-state index is -0.0452. The Morgan fingerprint density at radius 3 is 2.88 bits per heavy atom. The summed E-state index contributed by atoms with van der Waals surface area (Å²) in [7, 11) is 3.26. The van der Waals surface area contributed by atoms with E-state index < -0.39 is 0 Å². The predicted octanol–water partition coefficient (Wildman–Crippen LogP) is 0.598. The lowest BCUT2D eigenvalue weighted by molar-refractivity contribution is 0.0365. The molecule has 0 aliphatic rings. The lowest BCUT2D eigenvalue weighted by Crippen LogP contribution is -2.27. The molecule has 0 aromatic carbocycles. The van der Waals surface area contributed by atoms with Crippen LogP contribution in [0, 0.1) is 0 Å². The molecule has 0 radical (unpaired) electrons. The number of nitrogens with two attached hydrogens (primary N) is 1. The number of aromatic nitrogens is 2. The number of hydrazine groups is 1. The number of hydrogen-bond donors (Lipinski definition) is 3.